The number of aryl methyl sites for hydroxylation is 4. The fraction of sp³-hybridized carbons (Fsp3) is 0.476. The van der Waals surface area contributed by atoms with Crippen LogP contribution in [-0.4, -0.2) is 90.3 Å². The third kappa shape index (κ3) is 9.11. The summed E-state index contributed by atoms with van der Waals surface area (Å²) in [7, 11) is 0. The van der Waals surface area contributed by atoms with Gasteiger partial charge in [0, 0.05) is 63.1 Å². The first kappa shape index (κ1) is 37.1. The molecule has 0 radical (unpaired) electrons. The quantitative estimate of drug-likeness (QED) is 0.192. The molecule has 4 aromatic rings. The van der Waals surface area contributed by atoms with Gasteiger partial charge in [0.05, 0.1) is 35.4 Å². The van der Waals surface area contributed by atoms with E-state index >= 15 is 0 Å². The normalized spacial score (nSPS) is 23.1. The highest BCUT2D eigenvalue weighted by molar-refractivity contribution is 6.30. The van der Waals surface area contributed by atoms with Gasteiger partial charge in [0.15, 0.2) is 0 Å². The lowest BCUT2D eigenvalue weighted by atomic mass is 9.85. The summed E-state index contributed by atoms with van der Waals surface area (Å²) < 4.78 is 8.19. The van der Waals surface area contributed by atoms with Gasteiger partial charge in [0.25, 0.3) is 0 Å². The summed E-state index contributed by atoms with van der Waals surface area (Å²) in [6, 6.07) is 19.8. The molecule has 0 bridgehead atoms. The first-order valence-electron chi connectivity index (χ1n) is 19.1. The second-order valence-electron chi connectivity index (χ2n) is 15.3. The van der Waals surface area contributed by atoms with Crippen LogP contribution in [-0.2, 0) is 35.5 Å². The lowest BCUT2D eigenvalue weighted by molar-refractivity contribution is -0.133. The number of ether oxygens (including phenoxy) is 1. The van der Waals surface area contributed by atoms with Crippen LogP contribution in [0.5, 0.6) is 0 Å². The van der Waals surface area contributed by atoms with Gasteiger partial charge in [-0.2, -0.15) is 0 Å². The fourth-order valence-electron chi connectivity index (χ4n) is 8.29. The van der Waals surface area contributed by atoms with Crippen LogP contribution in [0.15, 0.2) is 79.4 Å². The minimum Gasteiger partial charge on any atom is -0.446 e. The van der Waals surface area contributed by atoms with E-state index in [9.17, 15) is 14.7 Å². The lowest BCUT2D eigenvalue weighted by Crippen LogP contribution is -2.58. The maximum absolute atomic E-state index is 14.5. The number of rotatable bonds is 10. The summed E-state index contributed by atoms with van der Waals surface area (Å²) in [4.78, 5) is 44.0. The highest BCUT2D eigenvalue weighted by atomic mass is 35.5. The molecule has 1 aliphatic heterocycles. The molecule has 7 rings (SSSR count). The van der Waals surface area contributed by atoms with Crippen LogP contribution in [0.25, 0.3) is 0 Å². The van der Waals surface area contributed by atoms with E-state index in [1.54, 1.807) is 4.90 Å². The number of pyridine rings is 1. The molecule has 3 heterocycles. The van der Waals surface area contributed by atoms with Gasteiger partial charge in [-0.15, -0.1) is 0 Å². The predicted molar refractivity (Wildman–Crippen MR) is 204 cm³/mol. The average molecular weight is 739 g/mol. The zero-order valence-corrected chi connectivity index (χ0v) is 31.6. The van der Waals surface area contributed by atoms with Gasteiger partial charge in [-0.25, -0.2) is 9.78 Å². The van der Waals surface area contributed by atoms with Gasteiger partial charge >= 0.3 is 6.09 Å². The summed E-state index contributed by atoms with van der Waals surface area (Å²) in [6.45, 7) is 7.12. The van der Waals surface area contributed by atoms with Crippen LogP contribution < -0.4 is 0 Å². The van der Waals surface area contributed by atoms with Crippen molar-refractivity contribution in [2.24, 2.45) is 0 Å². The molecule has 1 saturated heterocycles. The summed E-state index contributed by atoms with van der Waals surface area (Å²) >= 11 is 6.52. The molecule has 2 amide bonds. The van der Waals surface area contributed by atoms with E-state index in [4.69, 9.17) is 21.3 Å². The van der Waals surface area contributed by atoms with Crippen LogP contribution in [0.2, 0.25) is 5.02 Å². The summed E-state index contributed by atoms with van der Waals surface area (Å²) in [5, 5.41) is 11.2. The van der Waals surface area contributed by atoms with Crippen LogP contribution in [0.4, 0.5) is 4.79 Å². The van der Waals surface area contributed by atoms with Crippen molar-refractivity contribution in [3.05, 3.63) is 118 Å². The summed E-state index contributed by atoms with van der Waals surface area (Å²) in [6.07, 6.45) is 10.1. The van der Waals surface area contributed by atoms with Crippen molar-refractivity contribution >= 4 is 23.6 Å². The molecule has 10 nitrogen and oxygen atoms in total. The Kier molecular flexibility index (Phi) is 11.5. The molecule has 2 fully saturated rings. The number of benzene rings is 2. The first-order chi connectivity index (χ1) is 25.6. The van der Waals surface area contributed by atoms with Gasteiger partial charge < -0.3 is 24.2 Å². The molecule has 2 aromatic carbocycles. The average Bonchev–Trinajstić information content (AvgIpc) is 3.49. The van der Waals surface area contributed by atoms with E-state index in [-0.39, 0.29) is 30.6 Å². The Bertz CT molecular complexity index is 1870. The van der Waals surface area contributed by atoms with Crippen LogP contribution in [0.3, 0.4) is 0 Å². The Morgan fingerprint density at radius 3 is 2.58 bits per heavy atom. The molecule has 1 N–H and O–H groups in total. The largest absolute Gasteiger partial charge is 0.446 e. The van der Waals surface area contributed by atoms with Crippen molar-refractivity contribution in [3.63, 3.8) is 0 Å². The molecule has 2 atom stereocenters. The number of aromatic nitrogens is 3. The Morgan fingerprint density at radius 1 is 1.02 bits per heavy atom. The predicted octanol–water partition coefficient (Wildman–Crippen LogP) is 6.75. The number of piperazine rings is 1. The van der Waals surface area contributed by atoms with Crippen LogP contribution in [0.1, 0.15) is 85.1 Å². The molecular weight excluding hydrogens is 688 g/mol. The third-order valence-electron chi connectivity index (χ3n) is 11.2. The maximum atomic E-state index is 14.5. The smallest absolute Gasteiger partial charge is 0.410 e. The van der Waals surface area contributed by atoms with Crippen molar-refractivity contribution in [2.45, 2.75) is 102 Å². The van der Waals surface area contributed by atoms with Gasteiger partial charge in [-0.05, 0) is 99.2 Å². The number of hydrogen-bond donors (Lipinski definition) is 1. The van der Waals surface area contributed by atoms with Crippen LogP contribution >= 0.6 is 11.6 Å². The van der Waals surface area contributed by atoms with Crippen molar-refractivity contribution in [1.82, 2.24) is 29.2 Å². The van der Waals surface area contributed by atoms with Crippen molar-refractivity contribution in [3.8, 4) is 0 Å². The summed E-state index contributed by atoms with van der Waals surface area (Å²) in [5.74, 6) is 0.000557. The van der Waals surface area contributed by atoms with Gasteiger partial charge in [0.1, 0.15) is 6.10 Å². The van der Waals surface area contributed by atoms with E-state index in [2.05, 4.69) is 32.7 Å². The highest BCUT2D eigenvalue weighted by Gasteiger charge is 2.40. The molecule has 2 aliphatic carbocycles. The van der Waals surface area contributed by atoms with Crippen molar-refractivity contribution in [1.29, 1.82) is 0 Å². The Morgan fingerprint density at radius 2 is 1.81 bits per heavy atom. The second kappa shape index (κ2) is 16.4. The zero-order chi connectivity index (χ0) is 37.0. The third-order valence-corrected chi connectivity index (χ3v) is 11.5. The number of amides is 2. The topological polar surface area (TPSA) is 104 Å². The number of fused-ring (bicyclic) bond motifs is 2. The van der Waals surface area contributed by atoms with E-state index in [1.165, 1.54) is 16.7 Å². The number of nitrogens with zero attached hydrogens (tertiary/aromatic N) is 6. The van der Waals surface area contributed by atoms with Gasteiger partial charge in [0.2, 0.25) is 5.91 Å². The van der Waals surface area contributed by atoms with E-state index in [1.807, 2.05) is 79.9 Å². The van der Waals surface area contributed by atoms with E-state index in [0.717, 1.165) is 42.8 Å². The number of carbonyl (C=O) groups is 2. The maximum Gasteiger partial charge on any atom is 0.410 e. The molecule has 1 unspecified atom stereocenters. The molecule has 3 aliphatic rings. The highest BCUT2D eigenvalue weighted by Crippen LogP contribution is 2.38. The zero-order valence-electron chi connectivity index (χ0n) is 30.9. The second-order valence-corrected chi connectivity index (χ2v) is 15.8. The number of imidazole rings is 1. The minimum atomic E-state index is -0.730. The van der Waals surface area contributed by atoms with Crippen LogP contribution in [0, 0.1) is 6.92 Å². The van der Waals surface area contributed by atoms with Crippen molar-refractivity contribution in [2.75, 3.05) is 26.2 Å². The molecule has 2 aromatic heterocycles. The standard InChI is InChI=1S/C42H51ClN6O4/c1-30-26-46(29-45-30)20-7-21-47(27-31-8-4-3-5-9-31)38(50)25-35-28-48(22-23-49(35)41(51)53-36-15-17-42(2,52)18-16-36)40-37-14-13-34(43)24-33(37)12-11-32-10-6-19-44-39(32)40/h3-6,8-10,13-14,19,24,26,29,35-36,40,52H,7,11-12,15-18,20-23,25,27-28H2,1-2H3/t35-,36?,40?,42?/m0/s1. The summed E-state index contributed by atoms with van der Waals surface area (Å²) in [5.41, 5.74) is 5.88. The molecule has 280 valence electrons. The molecule has 1 saturated carbocycles. The van der Waals surface area contributed by atoms with Gasteiger partial charge in [-0.3, -0.25) is 14.7 Å². The molecule has 0 spiro atoms. The molecular formula is C42H51ClN6O4. The van der Waals surface area contributed by atoms with Gasteiger partial charge in [-0.1, -0.05) is 54.1 Å². The first-order valence-corrected chi connectivity index (χ1v) is 19.5. The van der Waals surface area contributed by atoms with E-state index < -0.39 is 11.6 Å². The number of halogens is 1. The minimum absolute atomic E-state index is 0.000557. The number of carbonyl (C=O) groups excluding carboxylic acids is 2. The Labute approximate surface area is 317 Å². The fourth-order valence-corrected chi connectivity index (χ4v) is 8.48. The van der Waals surface area contributed by atoms with E-state index in [0.29, 0.717) is 63.4 Å². The Hall–Kier alpha value is -4.25. The number of hydrogen-bond acceptors (Lipinski definition) is 7. The Balaban J connectivity index is 1.16. The number of aliphatic hydroxyl groups is 1. The monoisotopic (exact) mass is 738 g/mol. The lowest BCUT2D eigenvalue weighted by Gasteiger charge is -2.45. The molecule has 53 heavy (non-hydrogen) atoms. The molecule has 11 heteroatoms. The van der Waals surface area contributed by atoms with Crippen molar-refractivity contribution < 1.29 is 19.4 Å². The SMILES string of the molecule is Cc1cn(CCCN(Cc2ccccc2)C(=O)C[C@H]2CN(C3c4ccc(Cl)cc4CCc4cccnc43)CCN2C(=O)OC2CCC(C)(O)CC2)cn1.